The van der Waals surface area contributed by atoms with Gasteiger partial charge in [0, 0.05) is 19.3 Å². The average molecular weight is 227 g/mol. The Morgan fingerprint density at radius 1 is 1.67 bits per heavy atom. The van der Waals surface area contributed by atoms with Gasteiger partial charge >= 0.3 is 0 Å². The SMILES string of the molecule is CNC(=O)c1nccc(OC2CC2)c1Cl. The van der Waals surface area contributed by atoms with Crippen molar-refractivity contribution < 1.29 is 9.53 Å². The summed E-state index contributed by atoms with van der Waals surface area (Å²) in [4.78, 5) is 15.3. The number of nitrogens with zero attached hydrogens (tertiary/aromatic N) is 1. The largest absolute Gasteiger partial charge is 0.489 e. The molecule has 1 aromatic rings. The monoisotopic (exact) mass is 226 g/mol. The highest BCUT2D eigenvalue weighted by atomic mass is 35.5. The maximum atomic E-state index is 11.4. The highest BCUT2D eigenvalue weighted by Crippen LogP contribution is 2.32. The Hall–Kier alpha value is -1.29. The van der Waals surface area contributed by atoms with E-state index >= 15 is 0 Å². The van der Waals surface area contributed by atoms with E-state index in [4.69, 9.17) is 16.3 Å². The van der Waals surface area contributed by atoms with E-state index < -0.39 is 0 Å². The molecular formula is C10H11ClN2O2. The molecule has 2 rings (SSSR count). The van der Waals surface area contributed by atoms with Crippen LogP contribution in [0.2, 0.25) is 5.02 Å². The van der Waals surface area contributed by atoms with Gasteiger partial charge in [-0.05, 0) is 12.8 Å². The van der Waals surface area contributed by atoms with Crippen LogP contribution in [0.15, 0.2) is 12.3 Å². The molecule has 0 aliphatic heterocycles. The minimum absolute atomic E-state index is 0.206. The topological polar surface area (TPSA) is 51.2 Å². The molecule has 0 saturated heterocycles. The lowest BCUT2D eigenvalue weighted by atomic mass is 10.3. The molecule has 1 saturated carbocycles. The molecule has 1 fully saturated rings. The molecule has 1 N–H and O–H groups in total. The molecule has 0 radical (unpaired) electrons. The van der Waals surface area contributed by atoms with Gasteiger partial charge < -0.3 is 10.1 Å². The summed E-state index contributed by atoms with van der Waals surface area (Å²) in [6.07, 6.45) is 3.87. The number of hydrogen-bond acceptors (Lipinski definition) is 3. The lowest BCUT2D eigenvalue weighted by molar-refractivity contribution is 0.0957. The van der Waals surface area contributed by atoms with Crippen molar-refractivity contribution in [3.63, 3.8) is 0 Å². The van der Waals surface area contributed by atoms with Gasteiger partial charge in [-0.3, -0.25) is 4.79 Å². The second kappa shape index (κ2) is 4.06. The summed E-state index contributed by atoms with van der Waals surface area (Å²) in [5.41, 5.74) is 0.206. The first-order valence-electron chi connectivity index (χ1n) is 4.75. The number of ether oxygens (including phenoxy) is 1. The van der Waals surface area contributed by atoms with Crippen molar-refractivity contribution in [2.24, 2.45) is 0 Å². The Morgan fingerprint density at radius 3 is 3.00 bits per heavy atom. The number of hydrogen-bond donors (Lipinski definition) is 1. The van der Waals surface area contributed by atoms with E-state index in [9.17, 15) is 4.79 Å². The molecule has 4 nitrogen and oxygen atoms in total. The van der Waals surface area contributed by atoms with Crippen molar-refractivity contribution in [1.82, 2.24) is 10.3 Å². The number of amides is 1. The van der Waals surface area contributed by atoms with Crippen LogP contribution >= 0.6 is 11.6 Å². The van der Waals surface area contributed by atoms with E-state index in [1.807, 2.05) is 0 Å². The van der Waals surface area contributed by atoms with Crippen LogP contribution in [0.4, 0.5) is 0 Å². The smallest absolute Gasteiger partial charge is 0.271 e. The molecule has 0 unspecified atom stereocenters. The highest BCUT2D eigenvalue weighted by molar-refractivity contribution is 6.34. The molecule has 0 aromatic carbocycles. The van der Waals surface area contributed by atoms with Gasteiger partial charge in [0.25, 0.3) is 5.91 Å². The number of halogens is 1. The molecule has 1 aromatic heterocycles. The van der Waals surface area contributed by atoms with Crippen molar-refractivity contribution in [3.05, 3.63) is 23.0 Å². The Labute approximate surface area is 92.6 Å². The molecular weight excluding hydrogens is 216 g/mol. The molecule has 1 aliphatic carbocycles. The van der Waals surface area contributed by atoms with Crippen molar-refractivity contribution in [2.45, 2.75) is 18.9 Å². The first-order chi connectivity index (χ1) is 7.22. The lowest BCUT2D eigenvalue weighted by Gasteiger charge is -2.08. The van der Waals surface area contributed by atoms with Gasteiger partial charge in [0.05, 0.1) is 6.10 Å². The summed E-state index contributed by atoms with van der Waals surface area (Å²) in [5.74, 6) is 0.231. The van der Waals surface area contributed by atoms with Crippen LogP contribution in [-0.4, -0.2) is 24.0 Å². The number of rotatable bonds is 3. The zero-order chi connectivity index (χ0) is 10.8. The van der Waals surface area contributed by atoms with Gasteiger partial charge in [-0.2, -0.15) is 0 Å². The van der Waals surface area contributed by atoms with Gasteiger partial charge in [-0.25, -0.2) is 4.98 Å². The van der Waals surface area contributed by atoms with Crippen molar-refractivity contribution in [2.75, 3.05) is 7.05 Å². The van der Waals surface area contributed by atoms with Crippen LogP contribution in [0.3, 0.4) is 0 Å². The number of carbonyl (C=O) groups is 1. The van der Waals surface area contributed by atoms with E-state index in [1.165, 1.54) is 13.2 Å². The third kappa shape index (κ3) is 2.21. The zero-order valence-corrected chi connectivity index (χ0v) is 9.04. The lowest BCUT2D eigenvalue weighted by Crippen LogP contribution is -2.19. The molecule has 5 heteroatoms. The quantitative estimate of drug-likeness (QED) is 0.853. The fraction of sp³-hybridized carbons (Fsp3) is 0.400. The van der Waals surface area contributed by atoms with Gasteiger partial charge in [0.1, 0.15) is 16.5 Å². The maximum Gasteiger partial charge on any atom is 0.271 e. The van der Waals surface area contributed by atoms with Crippen LogP contribution in [0.25, 0.3) is 0 Å². The number of nitrogens with one attached hydrogen (secondary N) is 1. The minimum Gasteiger partial charge on any atom is -0.489 e. The predicted molar refractivity (Wildman–Crippen MR) is 56.3 cm³/mol. The van der Waals surface area contributed by atoms with Crippen LogP contribution < -0.4 is 10.1 Å². The molecule has 1 amide bonds. The first kappa shape index (κ1) is 10.2. The average Bonchev–Trinajstić information content (AvgIpc) is 3.04. The molecule has 15 heavy (non-hydrogen) atoms. The van der Waals surface area contributed by atoms with Gasteiger partial charge in [-0.15, -0.1) is 0 Å². The zero-order valence-electron chi connectivity index (χ0n) is 8.29. The van der Waals surface area contributed by atoms with E-state index in [0.717, 1.165) is 12.8 Å². The third-order valence-electron chi connectivity index (χ3n) is 2.11. The summed E-state index contributed by atoms with van der Waals surface area (Å²) in [5, 5.41) is 2.76. The number of aromatic nitrogens is 1. The molecule has 1 aliphatic rings. The third-order valence-corrected chi connectivity index (χ3v) is 2.48. The molecule has 0 bridgehead atoms. The summed E-state index contributed by atoms with van der Waals surface area (Å²) in [6, 6.07) is 1.67. The van der Waals surface area contributed by atoms with E-state index in [2.05, 4.69) is 10.3 Å². The van der Waals surface area contributed by atoms with Gasteiger partial charge in [0.15, 0.2) is 0 Å². The van der Waals surface area contributed by atoms with E-state index in [1.54, 1.807) is 6.07 Å². The molecule has 0 spiro atoms. The standard InChI is InChI=1S/C10H11ClN2O2/c1-12-10(14)9-8(11)7(4-5-13-9)15-6-2-3-6/h4-6H,2-3H2,1H3,(H,12,14). The van der Waals surface area contributed by atoms with Crippen molar-refractivity contribution >= 4 is 17.5 Å². The normalized spacial score (nSPS) is 14.8. The molecule has 1 heterocycles. The van der Waals surface area contributed by atoms with Gasteiger partial charge in [-0.1, -0.05) is 11.6 Å². The Balaban J connectivity index is 2.27. The minimum atomic E-state index is -0.304. The van der Waals surface area contributed by atoms with E-state index in [-0.39, 0.29) is 22.7 Å². The Morgan fingerprint density at radius 2 is 2.40 bits per heavy atom. The van der Waals surface area contributed by atoms with Crippen LogP contribution in [0, 0.1) is 0 Å². The maximum absolute atomic E-state index is 11.4. The second-order valence-electron chi connectivity index (χ2n) is 3.37. The highest BCUT2D eigenvalue weighted by Gasteiger charge is 2.25. The Bertz CT molecular complexity index is 391. The fourth-order valence-corrected chi connectivity index (χ4v) is 1.40. The first-order valence-corrected chi connectivity index (χ1v) is 5.13. The predicted octanol–water partition coefficient (Wildman–Crippen LogP) is 1.64. The van der Waals surface area contributed by atoms with Crippen LogP contribution in [-0.2, 0) is 0 Å². The van der Waals surface area contributed by atoms with Crippen molar-refractivity contribution in [1.29, 1.82) is 0 Å². The second-order valence-corrected chi connectivity index (χ2v) is 3.75. The van der Waals surface area contributed by atoms with Crippen molar-refractivity contribution in [3.8, 4) is 5.75 Å². The molecule has 0 atom stereocenters. The fourth-order valence-electron chi connectivity index (χ4n) is 1.16. The summed E-state index contributed by atoms with van der Waals surface area (Å²) >= 11 is 6.01. The number of carbonyl (C=O) groups excluding carboxylic acids is 1. The number of pyridine rings is 1. The van der Waals surface area contributed by atoms with Gasteiger partial charge in [0.2, 0.25) is 0 Å². The molecule has 80 valence electrons. The van der Waals surface area contributed by atoms with Crippen LogP contribution in [0.1, 0.15) is 23.3 Å². The summed E-state index contributed by atoms with van der Waals surface area (Å²) in [6.45, 7) is 0. The van der Waals surface area contributed by atoms with E-state index in [0.29, 0.717) is 5.75 Å². The summed E-state index contributed by atoms with van der Waals surface area (Å²) < 4.78 is 5.54. The Kier molecular flexibility index (Phi) is 2.77. The summed E-state index contributed by atoms with van der Waals surface area (Å²) in [7, 11) is 1.54. The van der Waals surface area contributed by atoms with Crippen LogP contribution in [0.5, 0.6) is 5.75 Å².